The third-order valence-electron chi connectivity index (χ3n) is 3.29. The largest absolute Gasteiger partial charge is 0.468 e. The van der Waals surface area contributed by atoms with E-state index in [1.54, 1.807) is 0 Å². The summed E-state index contributed by atoms with van der Waals surface area (Å²) in [6.45, 7) is 0. The second kappa shape index (κ2) is 7.42. The van der Waals surface area contributed by atoms with Gasteiger partial charge in [0, 0.05) is 6.42 Å². The zero-order valence-electron chi connectivity index (χ0n) is 10.2. The van der Waals surface area contributed by atoms with E-state index in [0.717, 1.165) is 25.7 Å². The molecular formula is C13H22O3. The highest BCUT2D eigenvalue weighted by atomic mass is 16.5. The number of methoxy groups -OCH3 is 1. The summed E-state index contributed by atoms with van der Waals surface area (Å²) in [6, 6.07) is 0. The molecular weight excluding hydrogens is 204 g/mol. The molecule has 3 nitrogen and oxygen atoms in total. The van der Waals surface area contributed by atoms with Crippen LogP contribution in [0.2, 0.25) is 0 Å². The van der Waals surface area contributed by atoms with Gasteiger partial charge in [0.25, 0.3) is 0 Å². The minimum absolute atomic E-state index is 0.0775. The maximum absolute atomic E-state index is 11.8. The minimum atomic E-state index is -0.497. The molecule has 0 N–H and O–H groups in total. The standard InChI is InChI=1S/C13H22O3/c1-16-13(15)11-9-7-5-3-2-4-6-8-10-12(11)14/h11H,2-10H2,1H3. The van der Waals surface area contributed by atoms with E-state index in [0.29, 0.717) is 12.8 Å². The fourth-order valence-corrected chi connectivity index (χ4v) is 2.26. The third-order valence-corrected chi connectivity index (χ3v) is 3.29. The summed E-state index contributed by atoms with van der Waals surface area (Å²) in [6.07, 6.45) is 9.04. The van der Waals surface area contributed by atoms with Crippen molar-refractivity contribution in [2.24, 2.45) is 5.92 Å². The molecule has 1 atom stereocenters. The summed E-state index contributed by atoms with van der Waals surface area (Å²) in [5.41, 5.74) is 0. The topological polar surface area (TPSA) is 43.4 Å². The van der Waals surface area contributed by atoms with Crippen LogP contribution in [0.5, 0.6) is 0 Å². The fraction of sp³-hybridized carbons (Fsp3) is 0.846. The van der Waals surface area contributed by atoms with Crippen LogP contribution < -0.4 is 0 Å². The highest BCUT2D eigenvalue weighted by molar-refractivity contribution is 5.98. The maximum atomic E-state index is 11.8. The highest BCUT2D eigenvalue weighted by Crippen LogP contribution is 2.19. The molecule has 0 amide bonds. The Hall–Kier alpha value is -0.860. The molecule has 0 aromatic rings. The number of rotatable bonds is 1. The highest BCUT2D eigenvalue weighted by Gasteiger charge is 2.26. The lowest BCUT2D eigenvalue weighted by Gasteiger charge is -2.12. The van der Waals surface area contributed by atoms with Gasteiger partial charge >= 0.3 is 5.97 Å². The molecule has 0 aromatic carbocycles. The monoisotopic (exact) mass is 226 g/mol. The maximum Gasteiger partial charge on any atom is 0.316 e. The number of hydrogen-bond donors (Lipinski definition) is 0. The van der Waals surface area contributed by atoms with E-state index in [1.807, 2.05) is 0 Å². The Bertz CT molecular complexity index is 235. The summed E-state index contributed by atoms with van der Waals surface area (Å²) < 4.78 is 4.70. The zero-order valence-corrected chi connectivity index (χ0v) is 10.2. The molecule has 0 aliphatic heterocycles. The van der Waals surface area contributed by atoms with Crippen molar-refractivity contribution < 1.29 is 14.3 Å². The Balaban J connectivity index is 2.54. The van der Waals surface area contributed by atoms with Crippen molar-refractivity contribution in [3.63, 3.8) is 0 Å². The number of Topliss-reactive ketones (excluding diaryl/α,β-unsaturated/α-hetero) is 1. The zero-order chi connectivity index (χ0) is 11.8. The van der Waals surface area contributed by atoms with Crippen LogP contribution in [0.3, 0.4) is 0 Å². The van der Waals surface area contributed by atoms with Crippen molar-refractivity contribution in [1.82, 2.24) is 0 Å². The number of hydrogen-bond acceptors (Lipinski definition) is 3. The van der Waals surface area contributed by atoms with Crippen LogP contribution in [0.1, 0.15) is 57.8 Å². The molecule has 1 unspecified atom stereocenters. The molecule has 1 fully saturated rings. The summed E-state index contributed by atoms with van der Waals surface area (Å²) in [5.74, 6) is -0.763. The SMILES string of the molecule is COC(=O)C1CCCCCCCCCC1=O. The fourth-order valence-electron chi connectivity index (χ4n) is 2.26. The van der Waals surface area contributed by atoms with Gasteiger partial charge in [-0.25, -0.2) is 0 Å². The van der Waals surface area contributed by atoms with E-state index in [9.17, 15) is 9.59 Å². The van der Waals surface area contributed by atoms with Gasteiger partial charge in [-0.15, -0.1) is 0 Å². The first kappa shape index (κ1) is 13.2. The van der Waals surface area contributed by atoms with Crippen LogP contribution in [-0.2, 0) is 14.3 Å². The molecule has 1 aliphatic carbocycles. The van der Waals surface area contributed by atoms with Crippen LogP contribution >= 0.6 is 0 Å². The van der Waals surface area contributed by atoms with Crippen molar-refractivity contribution in [1.29, 1.82) is 0 Å². The van der Waals surface area contributed by atoms with E-state index >= 15 is 0 Å². The molecule has 1 rings (SSSR count). The molecule has 0 aromatic heterocycles. The lowest BCUT2D eigenvalue weighted by Crippen LogP contribution is -2.25. The summed E-state index contributed by atoms with van der Waals surface area (Å²) in [5, 5.41) is 0. The van der Waals surface area contributed by atoms with Crippen LogP contribution in [0.4, 0.5) is 0 Å². The van der Waals surface area contributed by atoms with E-state index < -0.39 is 5.92 Å². The van der Waals surface area contributed by atoms with Gasteiger partial charge in [0.1, 0.15) is 11.7 Å². The Morgan fingerprint density at radius 1 is 1.06 bits per heavy atom. The first-order chi connectivity index (χ1) is 7.75. The molecule has 1 aliphatic rings. The summed E-state index contributed by atoms with van der Waals surface area (Å²) in [4.78, 5) is 23.3. The van der Waals surface area contributed by atoms with Crippen molar-refractivity contribution >= 4 is 11.8 Å². The lowest BCUT2D eigenvalue weighted by molar-refractivity contribution is -0.149. The van der Waals surface area contributed by atoms with Gasteiger partial charge in [-0.05, 0) is 12.8 Å². The number of esters is 1. The van der Waals surface area contributed by atoms with Crippen molar-refractivity contribution in [2.75, 3.05) is 7.11 Å². The molecule has 3 heteroatoms. The molecule has 0 bridgehead atoms. The van der Waals surface area contributed by atoms with E-state index in [2.05, 4.69) is 0 Å². The Morgan fingerprint density at radius 2 is 1.62 bits per heavy atom. The van der Waals surface area contributed by atoms with Crippen molar-refractivity contribution in [3.8, 4) is 0 Å². The Labute approximate surface area is 97.5 Å². The number of ether oxygens (including phenoxy) is 1. The van der Waals surface area contributed by atoms with E-state index in [1.165, 1.54) is 26.4 Å². The first-order valence-corrected chi connectivity index (χ1v) is 6.36. The van der Waals surface area contributed by atoms with E-state index in [4.69, 9.17) is 4.74 Å². The summed E-state index contributed by atoms with van der Waals surface area (Å²) in [7, 11) is 1.36. The average Bonchev–Trinajstić information content (AvgIpc) is 2.34. The van der Waals surface area contributed by atoms with Gasteiger partial charge in [0.05, 0.1) is 7.11 Å². The molecule has 92 valence electrons. The molecule has 0 spiro atoms. The number of carbonyl (C=O) groups is 2. The van der Waals surface area contributed by atoms with Crippen molar-refractivity contribution in [2.45, 2.75) is 57.8 Å². The molecule has 16 heavy (non-hydrogen) atoms. The van der Waals surface area contributed by atoms with Crippen LogP contribution in [0.25, 0.3) is 0 Å². The average molecular weight is 226 g/mol. The normalized spacial score (nSPS) is 24.6. The predicted octanol–water partition coefficient (Wildman–Crippen LogP) is 2.87. The van der Waals surface area contributed by atoms with Gasteiger partial charge in [-0.3, -0.25) is 9.59 Å². The molecule has 1 saturated carbocycles. The Kier molecular flexibility index (Phi) is 6.12. The Morgan fingerprint density at radius 3 is 2.25 bits per heavy atom. The molecule has 0 saturated heterocycles. The first-order valence-electron chi connectivity index (χ1n) is 6.36. The molecule has 0 radical (unpaired) electrons. The van der Waals surface area contributed by atoms with Gasteiger partial charge in [0.2, 0.25) is 0 Å². The van der Waals surface area contributed by atoms with Crippen LogP contribution in [0, 0.1) is 5.92 Å². The minimum Gasteiger partial charge on any atom is -0.468 e. The van der Waals surface area contributed by atoms with Gasteiger partial charge in [-0.2, -0.15) is 0 Å². The summed E-state index contributed by atoms with van der Waals surface area (Å²) >= 11 is 0. The number of ketones is 1. The van der Waals surface area contributed by atoms with Gasteiger partial charge < -0.3 is 4.74 Å². The van der Waals surface area contributed by atoms with Gasteiger partial charge in [-0.1, -0.05) is 38.5 Å². The van der Waals surface area contributed by atoms with Gasteiger partial charge in [0.15, 0.2) is 0 Å². The van der Waals surface area contributed by atoms with E-state index in [-0.39, 0.29) is 11.8 Å². The smallest absolute Gasteiger partial charge is 0.316 e. The second-order valence-corrected chi connectivity index (χ2v) is 4.56. The quantitative estimate of drug-likeness (QED) is 0.510. The lowest BCUT2D eigenvalue weighted by atomic mass is 9.94. The van der Waals surface area contributed by atoms with Crippen LogP contribution in [0.15, 0.2) is 0 Å². The third kappa shape index (κ3) is 4.33. The van der Waals surface area contributed by atoms with Crippen LogP contribution in [-0.4, -0.2) is 18.9 Å². The molecule has 0 heterocycles. The number of carbonyl (C=O) groups excluding carboxylic acids is 2. The second-order valence-electron chi connectivity index (χ2n) is 4.56. The van der Waals surface area contributed by atoms with Crippen molar-refractivity contribution in [3.05, 3.63) is 0 Å². The predicted molar refractivity (Wildman–Crippen MR) is 62.1 cm³/mol.